The van der Waals surface area contributed by atoms with Crippen LogP contribution in [0.2, 0.25) is 0 Å². The average Bonchev–Trinajstić information content (AvgIpc) is 3.07. The van der Waals surface area contributed by atoms with Crippen molar-refractivity contribution in [2.75, 3.05) is 6.54 Å². The maximum atomic E-state index is 12.7. The van der Waals surface area contributed by atoms with Gasteiger partial charge in [0.25, 0.3) is 0 Å². The summed E-state index contributed by atoms with van der Waals surface area (Å²) in [6, 6.07) is 10.4. The molecule has 21 heavy (non-hydrogen) atoms. The second kappa shape index (κ2) is 6.18. The molecule has 3 nitrogen and oxygen atoms in total. The van der Waals surface area contributed by atoms with Gasteiger partial charge in [-0.25, -0.2) is 0 Å². The van der Waals surface area contributed by atoms with Crippen molar-refractivity contribution in [3.8, 4) is 0 Å². The van der Waals surface area contributed by atoms with E-state index in [9.17, 15) is 4.79 Å². The Morgan fingerprint density at radius 1 is 1.24 bits per heavy atom. The second-order valence-electron chi connectivity index (χ2n) is 6.88. The van der Waals surface area contributed by atoms with Gasteiger partial charge in [-0.15, -0.1) is 0 Å². The Hall–Kier alpha value is -1.35. The molecular formula is C18H26N2O. The van der Waals surface area contributed by atoms with Gasteiger partial charge in [-0.1, -0.05) is 50.6 Å². The Morgan fingerprint density at radius 3 is 2.71 bits per heavy atom. The third-order valence-electron chi connectivity index (χ3n) is 5.15. The maximum absolute atomic E-state index is 12.7. The molecule has 3 rings (SSSR count). The van der Waals surface area contributed by atoms with Crippen molar-refractivity contribution in [2.24, 2.45) is 17.8 Å². The largest absolute Gasteiger partial charge is 0.348 e. The molecule has 4 unspecified atom stereocenters. The summed E-state index contributed by atoms with van der Waals surface area (Å²) in [5, 5.41) is 6.73. The lowest BCUT2D eigenvalue weighted by Crippen LogP contribution is -2.46. The van der Waals surface area contributed by atoms with E-state index in [-0.39, 0.29) is 18.0 Å². The summed E-state index contributed by atoms with van der Waals surface area (Å²) >= 11 is 0. The van der Waals surface area contributed by atoms with E-state index in [1.807, 2.05) is 18.2 Å². The molecule has 0 spiro atoms. The predicted octanol–water partition coefficient (Wildman–Crippen LogP) is 2.89. The Labute approximate surface area is 127 Å². The van der Waals surface area contributed by atoms with Crippen LogP contribution in [0.1, 0.15) is 44.7 Å². The zero-order chi connectivity index (χ0) is 14.8. The quantitative estimate of drug-likeness (QED) is 0.893. The van der Waals surface area contributed by atoms with Crippen LogP contribution >= 0.6 is 0 Å². The van der Waals surface area contributed by atoms with E-state index in [4.69, 9.17) is 0 Å². The molecule has 0 radical (unpaired) electrons. The van der Waals surface area contributed by atoms with Crippen molar-refractivity contribution >= 4 is 5.91 Å². The van der Waals surface area contributed by atoms with Gasteiger partial charge in [-0.3, -0.25) is 4.79 Å². The van der Waals surface area contributed by atoms with Gasteiger partial charge < -0.3 is 10.6 Å². The minimum absolute atomic E-state index is 0.0162. The molecular weight excluding hydrogens is 260 g/mol. The van der Waals surface area contributed by atoms with Crippen LogP contribution in [0.3, 0.4) is 0 Å². The fourth-order valence-corrected chi connectivity index (χ4v) is 4.01. The zero-order valence-corrected chi connectivity index (χ0v) is 13.0. The summed E-state index contributed by atoms with van der Waals surface area (Å²) in [6.07, 6.45) is 3.77. The fourth-order valence-electron chi connectivity index (χ4n) is 4.01. The molecule has 1 aromatic rings. The molecule has 114 valence electrons. The zero-order valence-electron chi connectivity index (χ0n) is 13.0. The van der Waals surface area contributed by atoms with E-state index in [1.54, 1.807) is 0 Å². The van der Waals surface area contributed by atoms with E-state index < -0.39 is 0 Å². The third-order valence-corrected chi connectivity index (χ3v) is 5.15. The van der Waals surface area contributed by atoms with Crippen LogP contribution in [-0.4, -0.2) is 18.5 Å². The van der Waals surface area contributed by atoms with Gasteiger partial charge in [0.2, 0.25) is 5.91 Å². The molecule has 0 aromatic heterocycles. The van der Waals surface area contributed by atoms with E-state index in [2.05, 4.69) is 36.6 Å². The summed E-state index contributed by atoms with van der Waals surface area (Å²) < 4.78 is 0. The number of fused-ring (bicyclic) bond motifs is 1. The molecule has 1 heterocycles. The number of benzene rings is 1. The highest BCUT2D eigenvalue weighted by atomic mass is 16.2. The molecule has 3 heteroatoms. The highest BCUT2D eigenvalue weighted by Gasteiger charge is 2.42. The van der Waals surface area contributed by atoms with E-state index in [0.717, 1.165) is 12.5 Å². The molecule has 2 N–H and O–H groups in total. The van der Waals surface area contributed by atoms with Crippen molar-refractivity contribution < 1.29 is 4.79 Å². The molecule has 1 aromatic carbocycles. The molecule has 1 saturated carbocycles. The third kappa shape index (κ3) is 2.98. The van der Waals surface area contributed by atoms with E-state index in [1.165, 1.54) is 24.8 Å². The van der Waals surface area contributed by atoms with Crippen molar-refractivity contribution in [3.05, 3.63) is 35.9 Å². The SMILES string of the molecule is CC(C)C(NC(=O)C1NCC2CCCC21)c1ccccc1. The number of hydrogen-bond donors (Lipinski definition) is 2. The van der Waals surface area contributed by atoms with Crippen LogP contribution < -0.4 is 10.6 Å². The number of nitrogens with one attached hydrogen (secondary N) is 2. The number of carbonyl (C=O) groups excluding carboxylic acids is 1. The van der Waals surface area contributed by atoms with Crippen LogP contribution in [0.4, 0.5) is 0 Å². The molecule has 1 amide bonds. The first-order valence-corrected chi connectivity index (χ1v) is 8.25. The van der Waals surface area contributed by atoms with Crippen LogP contribution in [0.25, 0.3) is 0 Å². The molecule has 2 fully saturated rings. The van der Waals surface area contributed by atoms with Crippen molar-refractivity contribution in [1.29, 1.82) is 0 Å². The average molecular weight is 286 g/mol. The van der Waals surface area contributed by atoms with Crippen LogP contribution in [0.5, 0.6) is 0 Å². The van der Waals surface area contributed by atoms with Crippen molar-refractivity contribution in [2.45, 2.75) is 45.2 Å². The minimum Gasteiger partial charge on any atom is -0.348 e. The van der Waals surface area contributed by atoms with Gasteiger partial charge in [-0.05, 0) is 42.7 Å². The first-order valence-electron chi connectivity index (χ1n) is 8.25. The lowest BCUT2D eigenvalue weighted by atomic mass is 9.92. The highest BCUT2D eigenvalue weighted by molar-refractivity contribution is 5.83. The minimum atomic E-state index is 0.0162. The maximum Gasteiger partial charge on any atom is 0.237 e. The van der Waals surface area contributed by atoms with Crippen LogP contribution in [0, 0.1) is 17.8 Å². The Morgan fingerprint density at radius 2 is 2.00 bits per heavy atom. The fraction of sp³-hybridized carbons (Fsp3) is 0.611. The van der Waals surface area contributed by atoms with Gasteiger partial charge in [0, 0.05) is 0 Å². The summed E-state index contributed by atoms with van der Waals surface area (Å²) in [5.41, 5.74) is 1.20. The van der Waals surface area contributed by atoms with Crippen molar-refractivity contribution in [3.63, 3.8) is 0 Å². The van der Waals surface area contributed by atoms with Crippen LogP contribution in [0.15, 0.2) is 30.3 Å². The van der Waals surface area contributed by atoms with Gasteiger partial charge >= 0.3 is 0 Å². The summed E-state index contributed by atoms with van der Waals surface area (Å²) in [4.78, 5) is 12.7. The topological polar surface area (TPSA) is 41.1 Å². The molecule has 1 saturated heterocycles. The van der Waals surface area contributed by atoms with Gasteiger partial charge in [0.05, 0.1) is 12.1 Å². The molecule has 4 atom stereocenters. The lowest BCUT2D eigenvalue weighted by Gasteiger charge is -2.26. The second-order valence-corrected chi connectivity index (χ2v) is 6.88. The summed E-state index contributed by atoms with van der Waals surface area (Å²) in [5.74, 6) is 1.84. The lowest BCUT2D eigenvalue weighted by molar-refractivity contribution is -0.124. The Balaban J connectivity index is 1.70. The van der Waals surface area contributed by atoms with Gasteiger partial charge in [0.1, 0.15) is 0 Å². The first-order chi connectivity index (χ1) is 10.2. The van der Waals surface area contributed by atoms with Crippen LogP contribution in [-0.2, 0) is 4.79 Å². The molecule has 2 aliphatic rings. The standard InChI is InChI=1S/C18H26N2O/c1-12(2)16(13-7-4-3-5-8-13)20-18(21)17-15-10-6-9-14(15)11-19-17/h3-5,7-8,12,14-17,19H,6,9-11H2,1-2H3,(H,20,21). The number of hydrogen-bond acceptors (Lipinski definition) is 2. The molecule has 1 aliphatic heterocycles. The number of carbonyl (C=O) groups is 1. The summed E-state index contributed by atoms with van der Waals surface area (Å²) in [6.45, 7) is 5.34. The molecule has 1 aliphatic carbocycles. The normalized spacial score (nSPS) is 29.4. The van der Waals surface area contributed by atoms with Gasteiger partial charge in [-0.2, -0.15) is 0 Å². The van der Waals surface area contributed by atoms with E-state index in [0.29, 0.717) is 11.8 Å². The van der Waals surface area contributed by atoms with Crippen molar-refractivity contribution in [1.82, 2.24) is 10.6 Å². The Kier molecular flexibility index (Phi) is 4.29. The molecule has 0 bridgehead atoms. The first kappa shape index (κ1) is 14.6. The summed E-state index contributed by atoms with van der Waals surface area (Å²) in [7, 11) is 0. The van der Waals surface area contributed by atoms with E-state index >= 15 is 0 Å². The highest BCUT2D eigenvalue weighted by Crippen LogP contribution is 2.38. The number of rotatable bonds is 4. The smallest absolute Gasteiger partial charge is 0.237 e. The number of amides is 1. The van der Waals surface area contributed by atoms with Gasteiger partial charge in [0.15, 0.2) is 0 Å². The predicted molar refractivity (Wildman–Crippen MR) is 84.8 cm³/mol. The Bertz CT molecular complexity index is 485. The monoisotopic (exact) mass is 286 g/mol.